The van der Waals surface area contributed by atoms with Crippen molar-refractivity contribution in [2.75, 3.05) is 26.3 Å². The molecule has 0 radical (unpaired) electrons. The van der Waals surface area contributed by atoms with Crippen molar-refractivity contribution in [3.63, 3.8) is 0 Å². The standard InChI is InChI=1S/C11H17N3O3/c1-9(14(4-6-15)5-7-16)11(17)10-8-12-2-3-13-10/h2-3,8-9,15-16H,4-7H2,1H3. The number of nitrogens with zero attached hydrogens (tertiary/aromatic N) is 3. The average Bonchev–Trinajstić information content (AvgIpc) is 2.38. The van der Waals surface area contributed by atoms with E-state index in [1.807, 2.05) is 0 Å². The topological polar surface area (TPSA) is 86.6 Å². The Balaban J connectivity index is 2.73. The first-order valence-electron chi connectivity index (χ1n) is 5.46. The molecule has 1 aromatic heterocycles. The average molecular weight is 239 g/mol. The molecule has 2 N–H and O–H groups in total. The normalized spacial score (nSPS) is 12.7. The van der Waals surface area contributed by atoms with Gasteiger partial charge in [-0.15, -0.1) is 0 Å². The lowest BCUT2D eigenvalue weighted by Crippen LogP contribution is -2.42. The third-order valence-electron chi connectivity index (χ3n) is 2.52. The molecule has 1 aromatic rings. The van der Waals surface area contributed by atoms with Crippen molar-refractivity contribution in [2.45, 2.75) is 13.0 Å². The van der Waals surface area contributed by atoms with Crippen molar-refractivity contribution in [1.82, 2.24) is 14.9 Å². The van der Waals surface area contributed by atoms with E-state index in [1.165, 1.54) is 18.6 Å². The molecule has 0 saturated heterocycles. The smallest absolute Gasteiger partial charge is 0.199 e. The number of aliphatic hydroxyl groups excluding tert-OH is 2. The second kappa shape index (κ2) is 7.05. The molecule has 17 heavy (non-hydrogen) atoms. The number of carbonyl (C=O) groups is 1. The molecule has 1 unspecified atom stereocenters. The van der Waals surface area contributed by atoms with Crippen LogP contribution < -0.4 is 0 Å². The van der Waals surface area contributed by atoms with Gasteiger partial charge in [-0.05, 0) is 6.92 Å². The second-order valence-corrected chi connectivity index (χ2v) is 3.61. The third-order valence-corrected chi connectivity index (χ3v) is 2.52. The molecule has 1 rings (SSSR count). The van der Waals surface area contributed by atoms with Gasteiger partial charge in [-0.25, -0.2) is 4.98 Å². The fraction of sp³-hybridized carbons (Fsp3) is 0.545. The first kappa shape index (κ1) is 13.7. The van der Waals surface area contributed by atoms with Gasteiger partial charge >= 0.3 is 0 Å². The zero-order chi connectivity index (χ0) is 12.7. The maximum Gasteiger partial charge on any atom is 0.199 e. The summed E-state index contributed by atoms with van der Waals surface area (Å²) < 4.78 is 0. The Morgan fingerprint density at radius 1 is 1.35 bits per heavy atom. The van der Waals surface area contributed by atoms with Gasteiger partial charge in [0.2, 0.25) is 0 Å². The van der Waals surface area contributed by atoms with Gasteiger partial charge in [0.15, 0.2) is 5.78 Å². The zero-order valence-corrected chi connectivity index (χ0v) is 9.78. The third kappa shape index (κ3) is 3.85. The van der Waals surface area contributed by atoms with Crippen LogP contribution in [0.15, 0.2) is 18.6 Å². The number of hydrogen-bond acceptors (Lipinski definition) is 6. The Bertz CT molecular complexity index is 339. The molecule has 0 fully saturated rings. The molecule has 0 aliphatic heterocycles. The van der Waals surface area contributed by atoms with Gasteiger partial charge in [-0.2, -0.15) is 0 Å². The van der Waals surface area contributed by atoms with Gasteiger partial charge in [0, 0.05) is 25.5 Å². The van der Waals surface area contributed by atoms with Gasteiger partial charge in [-0.3, -0.25) is 14.7 Å². The highest BCUT2D eigenvalue weighted by Gasteiger charge is 2.22. The first-order chi connectivity index (χ1) is 8.20. The van der Waals surface area contributed by atoms with E-state index in [0.717, 1.165) is 0 Å². The lowest BCUT2D eigenvalue weighted by atomic mass is 10.1. The molecule has 6 nitrogen and oxygen atoms in total. The zero-order valence-electron chi connectivity index (χ0n) is 9.78. The fourth-order valence-corrected chi connectivity index (χ4v) is 1.56. The molecule has 1 atom stereocenters. The molecule has 0 amide bonds. The van der Waals surface area contributed by atoms with Crippen LogP contribution in [0.4, 0.5) is 0 Å². The summed E-state index contributed by atoms with van der Waals surface area (Å²) in [6.07, 6.45) is 4.37. The van der Waals surface area contributed by atoms with Crippen LogP contribution in [0.1, 0.15) is 17.4 Å². The SMILES string of the molecule is CC(C(=O)c1cnccn1)N(CCO)CCO. The Morgan fingerprint density at radius 3 is 2.47 bits per heavy atom. The van der Waals surface area contributed by atoms with Crippen LogP contribution in [0, 0.1) is 0 Å². The van der Waals surface area contributed by atoms with E-state index in [0.29, 0.717) is 18.8 Å². The van der Waals surface area contributed by atoms with Crippen LogP contribution in [0.2, 0.25) is 0 Å². The summed E-state index contributed by atoms with van der Waals surface area (Å²) in [6.45, 7) is 2.29. The number of hydrogen-bond donors (Lipinski definition) is 2. The fourth-order valence-electron chi connectivity index (χ4n) is 1.56. The highest BCUT2D eigenvalue weighted by Crippen LogP contribution is 2.05. The monoisotopic (exact) mass is 239 g/mol. The quantitative estimate of drug-likeness (QED) is 0.614. The number of Topliss-reactive ketones (excluding diaryl/α,β-unsaturated/α-hetero) is 1. The minimum Gasteiger partial charge on any atom is -0.395 e. The molecular weight excluding hydrogens is 222 g/mol. The van der Waals surface area contributed by atoms with E-state index in [2.05, 4.69) is 9.97 Å². The molecular formula is C11H17N3O3. The summed E-state index contributed by atoms with van der Waals surface area (Å²) in [4.78, 5) is 21.5. The minimum absolute atomic E-state index is 0.0575. The number of aliphatic hydroxyl groups is 2. The summed E-state index contributed by atoms with van der Waals surface area (Å²) in [6, 6.07) is -0.439. The number of aromatic nitrogens is 2. The van der Waals surface area contributed by atoms with Crippen molar-refractivity contribution in [3.8, 4) is 0 Å². The van der Waals surface area contributed by atoms with Gasteiger partial charge in [0.25, 0.3) is 0 Å². The Morgan fingerprint density at radius 2 is 2.00 bits per heavy atom. The van der Waals surface area contributed by atoms with Crippen molar-refractivity contribution >= 4 is 5.78 Å². The van der Waals surface area contributed by atoms with E-state index >= 15 is 0 Å². The molecule has 6 heteroatoms. The lowest BCUT2D eigenvalue weighted by Gasteiger charge is -2.26. The van der Waals surface area contributed by atoms with E-state index in [1.54, 1.807) is 11.8 Å². The van der Waals surface area contributed by atoms with Gasteiger partial charge in [0.05, 0.1) is 25.5 Å². The minimum atomic E-state index is -0.439. The molecule has 0 saturated carbocycles. The van der Waals surface area contributed by atoms with Crippen LogP contribution in [0.3, 0.4) is 0 Å². The summed E-state index contributed by atoms with van der Waals surface area (Å²) in [5, 5.41) is 17.8. The molecule has 0 aliphatic carbocycles. The van der Waals surface area contributed by atoms with Crippen LogP contribution >= 0.6 is 0 Å². The first-order valence-corrected chi connectivity index (χ1v) is 5.46. The second-order valence-electron chi connectivity index (χ2n) is 3.61. The highest BCUT2D eigenvalue weighted by molar-refractivity contribution is 5.97. The summed E-state index contributed by atoms with van der Waals surface area (Å²) >= 11 is 0. The molecule has 94 valence electrons. The molecule has 0 bridgehead atoms. The van der Waals surface area contributed by atoms with Gasteiger partial charge in [0.1, 0.15) is 5.69 Å². The van der Waals surface area contributed by atoms with Crippen molar-refractivity contribution in [1.29, 1.82) is 0 Å². The molecule has 1 heterocycles. The van der Waals surface area contributed by atoms with Crippen LogP contribution in [0.25, 0.3) is 0 Å². The summed E-state index contributed by atoms with van der Waals surface area (Å²) in [5.74, 6) is -0.167. The van der Waals surface area contributed by atoms with Crippen LogP contribution in [-0.4, -0.2) is 63.2 Å². The Kier molecular flexibility index (Phi) is 5.68. The largest absolute Gasteiger partial charge is 0.395 e. The van der Waals surface area contributed by atoms with E-state index in [9.17, 15) is 4.79 Å². The highest BCUT2D eigenvalue weighted by atomic mass is 16.3. The summed E-state index contributed by atoms with van der Waals surface area (Å²) in [7, 11) is 0. The van der Waals surface area contributed by atoms with E-state index in [-0.39, 0.29) is 19.0 Å². The van der Waals surface area contributed by atoms with Crippen molar-refractivity contribution in [2.24, 2.45) is 0 Å². The molecule has 0 spiro atoms. The Hall–Kier alpha value is -1.37. The van der Waals surface area contributed by atoms with Gasteiger partial charge in [-0.1, -0.05) is 0 Å². The van der Waals surface area contributed by atoms with Gasteiger partial charge < -0.3 is 10.2 Å². The van der Waals surface area contributed by atoms with Crippen LogP contribution in [-0.2, 0) is 0 Å². The summed E-state index contributed by atoms with van der Waals surface area (Å²) in [5.41, 5.74) is 0.292. The number of carbonyl (C=O) groups excluding carboxylic acids is 1. The maximum absolute atomic E-state index is 12.0. The maximum atomic E-state index is 12.0. The van der Waals surface area contributed by atoms with Crippen LogP contribution in [0.5, 0.6) is 0 Å². The Labute approximate surface area is 99.9 Å². The number of rotatable bonds is 7. The van der Waals surface area contributed by atoms with E-state index in [4.69, 9.17) is 10.2 Å². The lowest BCUT2D eigenvalue weighted by molar-refractivity contribution is 0.0764. The predicted molar refractivity (Wildman–Crippen MR) is 61.6 cm³/mol. The van der Waals surface area contributed by atoms with Crippen molar-refractivity contribution < 1.29 is 15.0 Å². The van der Waals surface area contributed by atoms with Crippen molar-refractivity contribution in [3.05, 3.63) is 24.3 Å². The molecule has 0 aromatic carbocycles. The van der Waals surface area contributed by atoms with E-state index < -0.39 is 6.04 Å². The predicted octanol–water partition coefficient (Wildman–Crippen LogP) is -0.666. The number of ketones is 1. The molecule has 0 aliphatic rings.